The molecule has 2 nitrogen and oxygen atoms in total. The smallest absolute Gasteiger partial charge is 0.132 e. The first-order valence-corrected chi connectivity index (χ1v) is 5.87. The van der Waals surface area contributed by atoms with E-state index in [0.717, 1.165) is 11.3 Å². The van der Waals surface area contributed by atoms with E-state index in [1.54, 1.807) is 0 Å². The Balaban J connectivity index is 2.12. The van der Waals surface area contributed by atoms with Crippen LogP contribution in [0.15, 0.2) is 34.7 Å². The van der Waals surface area contributed by atoms with E-state index in [1.165, 1.54) is 11.1 Å². The number of hydrogen-bond acceptors (Lipinski definition) is 2. The Morgan fingerprint density at radius 3 is 2.41 bits per heavy atom. The minimum atomic E-state index is -0.564. The summed E-state index contributed by atoms with van der Waals surface area (Å²) in [5, 5.41) is 10.1. The van der Waals surface area contributed by atoms with Crippen LogP contribution in [0, 0.1) is 20.8 Å². The van der Waals surface area contributed by atoms with Gasteiger partial charge in [0.05, 0.1) is 0 Å². The van der Waals surface area contributed by atoms with Gasteiger partial charge in [0.2, 0.25) is 0 Å². The number of aryl methyl sites for hydroxylation is 3. The van der Waals surface area contributed by atoms with Crippen molar-refractivity contribution in [2.75, 3.05) is 0 Å². The average Bonchev–Trinajstić information content (AvgIpc) is 2.70. The Morgan fingerprint density at radius 1 is 1.06 bits per heavy atom. The Labute approximate surface area is 102 Å². The van der Waals surface area contributed by atoms with Gasteiger partial charge in [0.15, 0.2) is 0 Å². The third kappa shape index (κ3) is 2.77. The normalized spacial score (nSPS) is 12.7. The van der Waals surface area contributed by atoms with Gasteiger partial charge in [-0.2, -0.15) is 0 Å². The summed E-state index contributed by atoms with van der Waals surface area (Å²) < 4.78 is 5.42. The van der Waals surface area contributed by atoms with Crippen molar-refractivity contribution in [2.24, 2.45) is 0 Å². The summed E-state index contributed by atoms with van der Waals surface area (Å²) in [6, 6.07) is 9.97. The topological polar surface area (TPSA) is 33.4 Å². The fourth-order valence-corrected chi connectivity index (χ4v) is 1.89. The van der Waals surface area contributed by atoms with Gasteiger partial charge in [0.1, 0.15) is 17.6 Å². The summed E-state index contributed by atoms with van der Waals surface area (Å²) in [7, 11) is 0. The maximum absolute atomic E-state index is 10.1. The van der Waals surface area contributed by atoms with Crippen LogP contribution in [-0.2, 0) is 6.42 Å². The fraction of sp³-hybridized carbons (Fsp3) is 0.333. The number of furan rings is 1. The molecular formula is C15H18O2. The Kier molecular flexibility index (Phi) is 3.34. The molecule has 0 aliphatic rings. The van der Waals surface area contributed by atoms with Gasteiger partial charge < -0.3 is 9.52 Å². The number of rotatable bonds is 3. The lowest BCUT2D eigenvalue weighted by atomic mass is 10.0. The van der Waals surface area contributed by atoms with Crippen molar-refractivity contribution < 1.29 is 9.52 Å². The van der Waals surface area contributed by atoms with E-state index in [1.807, 2.05) is 19.1 Å². The quantitative estimate of drug-likeness (QED) is 0.875. The molecule has 0 bridgehead atoms. The van der Waals surface area contributed by atoms with Crippen LogP contribution in [0.1, 0.15) is 34.3 Å². The molecule has 2 heteroatoms. The third-order valence-corrected chi connectivity index (χ3v) is 3.09. The second-order valence-electron chi connectivity index (χ2n) is 4.59. The van der Waals surface area contributed by atoms with Gasteiger partial charge in [-0.05, 0) is 49.6 Å². The summed E-state index contributed by atoms with van der Waals surface area (Å²) in [4.78, 5) is 0. The molecule has 0 saturated heterocycles. The van der Waals surface area contributed by atoms with Crippen molar-refractivity contribution in [1.29, 1.82) is 0 Å². The molecule has 1 unspecified atom stereocenters. The fourth-order valence-electron chi connectivity index (χ4n) is 1.89. The molecule has 17 heavy (non-hydrogen) atoms. The number of aliphatic hydroxyl groups excluding tert-OH is 1. The highest BCUT2D eigenvalue weighted by molar-refractivity contribution is 5.30. The highest BCUT2D eigenvalue weighted by atomic mass is 16.4. The van der Waals surface area contributed by atoms with Gasteiger partial charge in [0.25, 0.3) is 0 Å². The van der Waals surface area contributed by atoms with Crippen molar-refractivity contribution in [1.82, 2.24) is 0 Å². The van der Waals surface area contributed by atoms with Gasteiger partial charge in [0, 0.05) is 6.42 Å². The predicted molar refractivity (Wildman–Crippen MR) is 68.0 cm³/mol. The van der Waals surface area contributed by atoms with E-state index in [9.17, 15) is 5.11 Å². The first-order valence-electron chi connectivity index (χ1n) is 5.87. The highest BCUT2D eigenvalue weighted by Crippen LogP contribution is 2.21. The van der Waals surface area contributed by atoms with Crippen molar-refractivity contribution in [3.05, 3.63) is 58.5 Å². The van der Waals surface area contributed by atoms with Crippen molar-refractivity contribution in [3.8, 4) is 0 Å². The molecule has 2 rings (SSSR count). The van der Waals surface area contributed by atoms with E-state index < -0.39 is 6.10 Å². The van der Waals surface area contributed by atoms with E-state index >= 15 is 0 Å². The molecule has 2 aromatic rings. The summed E-state index contributed by atoms with van der Waals surface area (Å²) in [6.45, 7) is 6.06. The lowest BCUT2D eigenvalue weighted by Gasteiger charge is -2.09. The zero-order valence-electron chi connectivity index (χ0n) is 10.5. The van der Waals surface area contributed by atoms with Gasteiger partial charge in [-0.1, -0.05) is 18.2 Å². The second-order valence-corrected chi connectivity index (χ2v) is 4.59. The Morgan fingerprint density at radius 2 is 1.82 bits per heavy atom. The van der Waals surface area contributed by atoms with Crippen LogP contribution in [0.2, 0.25) is 0 Å². The van der Waals surface area contributed by atoms with Gasteiger partial charge in [-0.25, -0.2) is 0 Å². The molecule has 1 N–H and O–H groups in total. The lowest BCUT2D eigenvalue weighted by molar-refractivity contribution is 0.149. The molecule has 0 aliphatic carbocycles. The van der Waals surface area contributed by atoms with E-state index in [0.29, 0.717) is 12.2 Å². The average molecular weight is 230 g/mol. The maximum Gasteiger partial charge on any atom is 0.132 e. The van der Waals surface area contributed by atoms with Crippen LogP contribution in [-0.4, -0.2) is 5.11 Å². The van der Waals surface area contributed by atoms with Crippen molar-refractivity contribution in [2.45, 2.75) is 33.3 Å². The zero-order valence-corrected chi connectivity index (χ0v) is 10.5. The minimum absolute atomic E-state index is 0.564. The molecule has 1 aromatic carbocycles. The third-order valence-electron chi connectivity index (χ3n) is 3.09. The monoisotopic (exact) mass is 230 g/mol. The first kappa shape index (κ1) is 11.9. The van der Waals surface area contributed by atoms with Crippen molar-refractivity contribution in [3.63, 3.8) is 0 Å². The number of hydrogen-bond donors (Lipinski definition) is 1. The molecule has 1 heterocycles. The standard InChI is InChI=1S/C15H18O2/c1-10-4-6-13(8-11(10)2)9-14(16)15-7-5-12(3)17-15/h4-8,14,16H,9H2,1-3H3. The van der Waals surface area contributed by atoms with Crippen LogP contribution >= 0.6 is 0 Å². The summed E-state index contributed by atoms with van der Waals surface area (Å²) in [5.41, 5.74) is 3.66. The van der Waals surface area contributed by atoms with Crippen LogP contribution in [0.5, 0.6) is 0 Å². The molecular weight excluding hydrogens is 212 g/mol. The van der Waals surface area contributed by atoms with Gasteiger partial charge >= 0.3 is 0 Å². The van der Waals surface area contributed by atoms with Crippen molar-refractivity contribution >= 4 is 0 Å². The summed E-state index contributed by atoms with van der Waals surface area (Å²) in [6.07, 6.45) is 0.0273. The molecule has 0 radical (unpaired) electrons. The largest absolute Gasteiger partial charge is 0.464 e. The Hall–Kier alpha value is -1.54. The number of aliphatic hydroxyl groups is 1. The second kappa shape index (κ2) is 4.76. The Bertz CT molecular complexity index is 511. The van der Waals surface area contributed by atoms with Gasteiger partial charge in [-0.15, -0.1) is 0 Å². The molecule has 1 atom stereocenters. The van der Waals surface area contributed by atoms with Gasteiger partial charge in [-0.3, -0.25) is 0 Å². The zero-order chi connectivity index (χ0) is 12.4. The molecule has 0 spiro atoms. The summed E-state index contributed by atoms with van der Waals surface area (Å²) >= 11 is 0. The van der Waals surface area contributed by atoms with Crippen LogP contribution < -0.4 is 0 Å². The van der Waals surface area contributed by atoms with E-state index in [-0.39, 0.29) is 0 Å². The van der Waals surface area contributed by atoms with Crippen LogP contribution in [0.25, 0.3) is 0 Å². The van der Waals surface area contributed by atoms with E-state index in [2.05, 4.69) is 32.0 Å². The molecule has 0 fully saturated rings. The molecule has 0 aliphatic heterocycles. The highest BCUT2D eigenvalue weighted by Gasteiger charge is 2.12. The van der Waals surface area contributed by atoms with Crippen LogP contribution in [0.4, 0.5) is 0 Å². The SMILES string of the molecule is Cc1ccc(C(O)Cc2ccc(C)c(C)c2)o1. The summed E-state index contributed by atoms with van der Waals surface area (Å²) in [5.74, 6) is 1.47. The lowest BCUT2D eigenvalue weighted by Crippen LogP contribution is -2.01. The molecule has 1 aromatic heterocycles. The number of benzene rings is 1. The van der Waals surface area contributed by atoms with E-state index in [4.69, 9.17) is 4.42 Å². The molecule has 90 valence electrons. The minimum Gasteiger partial charge on any atom is -0.464 e. The molecule has 0 amide bonds. The van der Waals surface area contributed by atoms with Crippen LogP contribution in [0.3, 0.4) is 0 Å². The maximum atomic E-state index is 10.1. The predicted octanol–water partition coefficient (Wildman–Crippen LogP) is 3.48. The first-order chi connectivity index (χ1) is 8.06. The molecule has 0 saturated carbocycles.